The van der Waals surface area contributed by atoms with Crippen LogP contribution in [0.25, 0.3) is 0 Å². The van der Waals surface area contributed by atoms with Gasteiger partial charge in [0, 0.05) is 6.04 Å². The monoisotopic (exact) mass is 241 g/mol. The molecule has 4 nitrogen and oxygen atoms in total. The van der Waals surface area contributed by atoms with E-state index in [1.165, 1.54) is 16.2 Å². The van der Waals surface area contributed by atoms with Crippen molar-refractivity contribution in [2.24, 2.45) is 0 Å². The molecule has 1 aromatic heterocycles. The summed E-state index contributed by atoms with van der Waals surface area (Å²) in [4.78, 5) is 24.7. The molecule has 16 heavy (non-hydrogen) atoms. The SMILES string of the molecule is Cc1ccsc1C(=O)N(CC(=O)O)C(C)C. The topological polar surface area (TPSA) is 57.6 Å². The van der Waals surface area contributed by atoms with E-state index in [4.69, 9.17) is 5.11 Å². The standard InChI is InChI=1S/C11H15NO3S/c1-7(2)12(6-9(13)14)11(15)10-8(3)4-5-16-10/h4-5,7H,6H2,1-3H3,(H,13,14). The number of hydrogen-bond donors (Lipinski definition) is 1. The number of hydrogen-bond acceptors (Lipinski definition) is 3. The average Bonchev–Trinajstić information content (AvgIpc) is 2.59. The van der Waals surface area contributed by atoms with Gasteiger partial charge in [0.2, 0.25) is 0 Å². The fraction of sp³-hybridized carbons (Fsp3) is 0.455. The normalized spacial score (nSPS) is 10.5. The van der Waals surface area contributed by atoms with Gasteiger partial charge in [0.25, 0.3) is 5.91 Å². The van der Waals surface area contributed by atoms with Crippen molar-refractivity contribution in [2.45, 2.75) is 26.8 Å². The highest BCUT2D eigenvalue weighted by molar-refractivity contribution is 7.12. The summed E-state index contributed by atoms with van der Waals surface area (Å²) >= 11 is 1.35. The summed E-state index contributed by atoms with van der Waals surface area (Å²) in [5.74, 6) is -1.19. The number of carboxylic acids is 1. The lowest BCUT2D eigenvalue weighted by molar-refractivity contribution is -0.138. The van der Waals surface area contributed by atoms with Gasteiger partial charge >= 0.3 is 5.97 Å². The highest BCUT2D eigenvalue weighted by Gasteiger charge is 2.23. The van der Waals surface area contributed by atoms with Crippen LogP contribution < -0.4 is 0 Å². The number of nitrogens with zero attached hydrogens (tertiary/aromatic N) is 1. The Labute approximate surface area is 98.5 Å². The lowest BCUT2D eigenvalue weighted by Gasteiger charge is -2.24. The highest BCUT2D eigenvalue weighted by atomic mass is 32.1. The first-order valence-corrected chi connectivity index (χ1v) is 5.88. The lowest BCUT2D eigenvalue weighted by atomic mass is 10.2. The van der Waals surface area contributed by atoms with E-state index in [9.17, 15) is 9.59 Å². The number of aliphatic carboxylic acids is 1. The van der Waals surface area contributed by atoms with Crippen LogP contribution in [0.1, 0.15) is 29.1 Å². The smallest absolute Gasteiger partial charge is 0.323 e. The highest BCUT2D eigenvalue weighted by Crippen LogP contribution is 2.19. The summed E-state index contributed by atoms with van der Waals surface area (Å²) in [6, 6.07) is 1.74. The molecule has 0 aliphatic rings. The third-order valence-corrected chi connectivity index (χ3v) is 3.25. The van der Waals surface area contributed by atoms with Gasteiger partial charge in [-0.3, -0.25) is 9.59 Å². The van der Waals surface area contributed by atoms with Gasteiger partial charge < -0.3 is 10.0 Å². The van der Waals surface area contributed by atoms with Gasteiger partial charge in [-0.2, -0.15) is 0 Å². The Morgan fingerprint density at radius 3 is 2.50 bits per heavy atom. The molecule has 0 aromatic carbocycles. The van der Waals surface area contributed by atoms with E-state index in [-0.39, 0.29) is 18.5 Å². The first-order valence-electron chi connectivity index (χ1n) is 5.00. The maximum atomic E-state index is 12.1. The molecular formula is C11H15NO3S. The molecule has 0 bridgehead atoms. The molecule has 1 N–H and O–H groups in total. The quantitative estimate of drug-likeness (QED) is 0.877. The van der Waals surface area contributed by atoms with E-state index in [1.807, 2.05) is 32.2 Å². The second-order valence-electron chi connectivity index (χ2n) is 3.85. The molecule has 88 valence electrons. The molecule has 0 aliphatic carbocycles. The zero-order chi connectivity index (χ0) is 12.3. The summed E-state index contributed by atoms with van der Waals surface area (Å²) in [6.07, 6.45) is 0. The minimum atomic E-state index is -0.990. The number of carbonyl (C=O) groups excluding carboxylic acids is 1. The van der Waals surface area contributed by atoms with Crippen LogP contribution >= 0.6 is 11.3 Å². The second kappa shape index (κ2) is 5.12. The van der Waals surface area contributed by atoms with Crippen LogP contribution in [0.4, 0.5) is 0 Å². The van der Waals surface area contributed by atoms with E-state index in [2.05, 4.69) is 0 Å². The van der Waals surface area contributed by atoms with E-state index in [0.29, 0.717) is 4.88 Å². The molecule has 5 heteroatoms. The third-order valence-electron chi connectivity index (χ3n) is 2.25. The van der Waals surface area contributed by atoms with Crippen LogP contribution in [0.5, 0.6) is 0 Å². The molecule has 0 saturated heterocycles. The molecule has 0 aliphatic heterocycles. The summed E-state index contributed by atoms with van der Waals surface area (Å²) in [5.41, 5.74) is 0.894. The fourth-order valence-corrected chi connectivity index (χ4v) is 2.24. The molecule has 0 fully saturated rings. The first kappa shape index (κ1) is 12.7. The van der Waals surface area contributed by atoms with Crippen LogP contribution in [0.2, 0.25) is 0 Å². The van der Waals surface area contributed by atoms with Crippen molar-refractivity contribution < 1.29 is 14.7 Å². The van der Waals surface area contributed by atoms with Gasteiger partial charge in [0.15, 0.2) is 0 Å². The first-order chi connectivity index (χ1) is 7.43. The molecule has 1 heterocycles. The maximum Gasteiger partial charge on any atom is 0.323 e. The van der Waals surface area contributed by atoms with Crippen molar-refractivity contribution in [1.82, 2.24) is 4.90 Å². The van der Waals surface area contributed by atoms with E-state index >= 15 is 0 Å². The minimum Gasteiger partial charge on any atom is -0.480 e. The van der Waals surface area contributed by atoms with Crippen molar-refractivity contribution in [3.05, 3.63) is 21.9 Å². The molecule has 0 saturated carbocycles. The van der Waals surface area contributed by atoms with Gasteiger partial charge in [0.05, 0.1) is 4.88 Å². The molecule has 1 aromatic rings. The Balaban J connectivity index is 2.92. The van der Waals surface area contributed by atoms with Crippen LogP contribution in [0.3, 0.4) is 0 Å². The molecule has 1 rings (SSSR count). The number of thiophene rings is 1. The van der Waals surface area contributed by atoms with Crippen LogP contribution in [0.15, 0.2) is 11.4 Å². The van der Waals surface area contributed by atoms with E-state index < -0.39 is 5.97 Å². The Kier molecular flexibility index (Phi) is 4.06. The number of carboxylic acid groups (broad SMARTS) is 1. The van der Waals surface area contributed by atoms with Crippen molar-refractivity contribution in [3.8, 4) is 0 Å². The molecular weight excluding hydrogens is 226 g/mol. The number of carbonyl (C=O) groups is 2. The Hall–Kier alpha value is -1.36. The predicted octanol–water partition coefficient (Wildman–Crippen LogP) is 1.99. The van der Waals surface area contributed by atoms with E-state index in [0.717, 1.165) is 5.56 Å². The van der Waals surface area contributed by atoms with Crippen LogP contribution in [0, 0.1) is 6.92 Å². The fourth-order valence-electron chi connectivity index (χ4n) is 1.36. The van der Waals surface area contributed by atoms with Crippen molar-refractivity contribution in [2.75, 3.05) is 6.54 Å². The van der Waals surface area contributed by atoms with Crippen molar-refractivity contribution >= 4 is 23.2 Å². The summed E-state index contributed by atoms with van der Waals surface area (Å²) in [5, 5.41) is 10.6. The molecule has 0 unspecified atom stereocenters. The van der Waals surface area contributed by atoms with Crippen molar-refractivity contribution in [3.63, 3.8) is 0 Å². The Morgan fingerprint density at radius 2 is 2.12 bits per heavy atom. The van der Waals surface area contributed by atoms with E-state index in [1.54, 1.807) is 0 Å². The summed E-state index contributed by atoms with van der Waals surface area (Å²) in [7, 11) is 0. The second-order valence-corrected chi connectivity index (χ2v) is 4.77. The Morgan fingerprint density at radius 1 is 1.50 bits per heavy atom. The van der Waals surface area contributed by atoms with Gasteiger partial charge in [-0.25, -0.2) is 0 Å². The van der Waals surface area contributed by atoms with Gasteiger partial charge in [-0.15, -0.1) is 11.3 Å². The average molecular weight is 241 g/mol. The van der Waals surface area contributed by atoms with Gasteiger partial charge in [-0.05, 0) is 37.8 Å². The molecule has 0 atom stereocenters. The van der Waals surface area contributed by atoms with Crippen LogP contribution in [-0.4, -0.2) is 34.5 Å². The summed E-state index contributed by atoms with van der Waals surface area (Å²) < 4.78 is 0. The van der Waals surface area contributed by atoms with Gasteiger partial charge in [-0.1, -0.05) is 0 Å². The molecule has 1 amide bonds. The number of aryl methyl sites for hydroxylation is 1. The predicted molar refractivity (Wildman–Crippen MR) is 62.9 cm³/mol. The van der Waals surface area contributed by atoms with Crippen molar-refractivity contribution in [1.29, 1.82) is 0 Å². The zero-order valence-corrected chi connectivity index (χ0v) is 10.4. The largest absolute Gasteiger partial charge is 0.480 e. The molecule has 0 spiro atoms. The van der Waals surface area contributed by atoms with Crippen LogP contribution in [-0.2, 0) is 4.79 Å². The molecule has 0 radical (unpaired) electrons. The third kappa shape index (κ3) is 2.82. The number of rotatable bonds is 4. The Bertz CT molecular complexity index is 398. The summed E-state index contributed by atoms with van der Waals surface area (Å²) in [6.45, 7) is 5.21. The lowest BCUT2D eigenvalue weighted by Crippen LogP contribution is -2.40. The van der Waals surface area contributed by atoms with Gasteiger partial charge in [0.1, 0.15) is 6.54 Å². The minimum absolute atomic E-state index is 0.120. The zero-order valence-electron chi connectivity index (χ0n) is 9.56. The number of amides is 1. The maximum absolute atomic E-state index is 12.1.